The van der Waals surface area contributed by atoms with Crippen molar-refractivity contribution in [3.63, 3.8) is 0 Å². The molecule has 18 heavy (non-hydrogen) atoms. The van der Waals surface area contributed by atoms with Crippen molar-refractivity contribution >= 4 is 23.2 Å². The smallest absolute Gasteiger partial charge is 0.0595 e. The van der Waals surface area contributed by atoms with Gasteiger partial charge in [0.05, 0.1) is 10.0 Å². The van der Waals surface area contributed by atoms with Crippen LogP contribution in [-0.4, -0.2) is 23.5 Å². The third-order valence-electron chi connectivity index (χ3n) is 4.59. The van der Waals surface area contributed by atoms with Gasteiger partial charge in [0.2, 0.25) is 0 Å². The van der Waals surface area contributed by atoms with Gasteiger partial charge in [-0.2, -0.15) is 0 Å². The van der Waals surface area contributed by atoms with Gasteiger partial charge in [-0.1, -0.05) is 29.3 Å². The SMILES string of the molecule is CC(C)(C)N1CC2C[C@@]2(c2ccc(Cl)c(Cl)c2)C1. The number of hydrogen-bond acceptors (Lipinski definition) is 1. The molecule has 1 aromatic rings. The average molecular weight is 284 g/mol. The number of fused-ring (bicyclic) bond motifs is 1. The Morgan fingerprint density at radius 1 is 1.22 bits per heavy atom. The molecule has 1 saturated carbocycles. The number of benzene rings is 1. The minimum absolute atomic E-state index is 0.261. The number of piperidine rings is 1. The van der Waals surface area contributed by atoms with Crippen LogP contribution < -0.4 is 0 Å². The zero-order valence-electron chi connectivity index (χ0n) is 11.1. The third-order valence-corrected chi connectivity index (χ3v) is 5.33. The van der Waals surface area contributed by atoms with E-state index in [1.54, 1.807) is 0 Å². The standard InChI is InChI=1S/C15H19Cl2N/c1-14(2,3)18-8-11-7-15(11,9-18)10-4-5-12(16)13(17)6-10/h4-6,11H,7-9H2,1-3H3/t11?,15-/m0/s1. The van der Waals surface area contributed by atoms with Crippen molar-refractivity contribution in [1.82, 2.24) is 4.90 Å². The van der Waals surface area contributed by atoms with Crippen LogP contribution in [0.5, 0.6) is 0 Å². The first-order valence-corrected chi connectivity index (χ1v) is 7.29. The third kappa shape index (κ3) is 1.88. The Balaban J connectivity index is 1.88. The summed E-state index contributed by atoms with van der Waals surface area (Å²) in [4.78, 5) is 2.59. The fraction of sp³-hybridized carbons (Fsp3) is 0.600. The van der Waals surface area contributed by atoms with Gasteiger partial charge in [-0.05, 0) is 50.8 Å². The molecule has 1 aliphatic heterocycles. The maximum absolute atomic E-state index is 6.15. The number of rotatable bonds is 1. The first-order valence-electron chi connectivity index (χ1n) is 6.53. The number of hydrogen-bond donors (Lipinski definition) is 0. The summed E-state index contributed by atoms with van der Waals surface area (Å²) in [5, 5.41) is 1.34. The zero-order chi connectivity index (χ0) is 13.1. The van der Waals surface area contributed by atoms with Gasteiger partial charge >= 0.3 is 0 Å². The largest absolute Gasteiger partial charge is 0.297 e. The van der Waals surface area contributed by atoms with Gasteiger partial charge in [-0.15, -0.1) is 0 Å². The summed E-state index contributed by atoms with van der Waals surface area (Å²) in [6.07, 6.45) is 1.30. The minimum atomic E-state index is 0.261. The Labute approximate surface area is 119 Å². The van der Waals surface area contributed by atoms with Gasteiger partial charge in [0.1, 0.15) is 0 Å². The molecule has 3 heteroatoms. The minimum Gasteiger partial charge on any atom is -0.297 e. The Morgan fingerprint density at radius 3 is 2.50 bits per heavy atom. The van der Waals surface area contributed by atoms with E-state index in [1.165, 1.54) is 18.5 Å². The average Bonchev–Trinajstić information content (AvgIpc) is 2.84. The molecule has 1 unspecified atom stereocenters. The van der Waals surface area contributed by atoms with Crippen molar-refractivity contribution in [2.24, 2.45) is 5.92 Å². The quantitative estimate of drug-likeness (QED) is 0.740. The molecule has 2 fully saturated rings. The van der Waals surface area contributed by atoms with E-state index >= 15 is 0 Å². The lowest BCUT2D eigenvalue weighted by Gasteiger charge is -2.34. The summed E-state index contributed by atoms with van der Waals surface area (Å²) in [6.45, 7) is 9.24. The fourth-order valence-electron chi connectivity index (χ4n) is 3.25. The van der Waals surface area contributed by atoms with Crippen LogP contribution in [0.1, 0.15) is 32.8 Å². The van der Waals surface area contributed by atoms with Crippen molar-refractivity contribution in [1.29, 1.82) is 0 Å². The molecule has 0 aromatic heterocycles. The van der Waals surface area contributed by atoms with Crippen molar-refractivity contribution in [2.45, 2.75) is 38.1 Å². The van der Waals surface area contributed by atoms with E-state index in [1.807, 2.05) is 6.07 Å². The molecule has 0 radical (unpaired) electrons. The number of nitrogens with zero attached hydrogens (tertiary/aromatic N) is 1. The Kier molecular flexibility index (Phi) is 2.75. The molecule has 2 atom stereocenters. The fourth-order valence-corrected chi connectivity index (χ4v) is 3.54. The molecule has 98 valence electrons. The highest BCUT2D eigenvalue weighted by molar-refractivity contribution is 6.42. The first kappa shape index (κ1) is 12.8. The summed E-state index contributed by atoms with van der Waals surface area (Å²) in [5.74, 6) is 0.800. The van der Waals surface area contributed by atoms with E-state index < -0.39 is 0 Å². The molecule has 1 aromatic carbocycles. The van der Waals surface area contributed by atoms with Crippen molar-refractivity contribution < 1.29 is 0 Å². The highest BCUT2D eigenvalue weighted by Crippen LogP contribution is 2.60. The molecule has 2 aliphatic rings. The predicted octanol–water partition coefficient (Wildman–Crippen LogP) is 4.37. The van der Waals surface area contributed by atoms with Crippen LogP contribution in [0, 0.1) is 5.92 Å². The molecule has 0 bridgehead atoms. The Morgan fingerprint density at radius 2 is 1.94 bits per heavy atom. The molecular formula is C15H19Cl2N. The number of halogens is 2. The summed E-state index contributed by atoms with van der Waals surface area (Å²) < 4.78 is 0. The lowest BCUT2D eigenvalue weighted by molar-refractivity contribution is 0.152. The van der Waals surface area contributed by atoms with Crippen LogP contribution in [0.15, 0.2) is 18.2 Å². The topological polar surface area (TPSA) is 3.24 Å². The van der Waals surface area contributed by atoms with E-state index in [-0.39, 0.29) is 5.54 Å². The molecule has 0 amide bonds. The molecule has 0 N–H and O–H groups in total. The highest BCUT2D eigenvalue weighted by atomic mass is 35.5. The molecule has 1 nitrogen and oxygen atoms in total. The van der Waals surface area contributed by atoms with Gasteiger partial charge in [-0.25, -0.2) is 0 Å². The van der Waals surface area contributed by atoms with Gasteiger partial charge in [0.25, 0.3) is 0 Å². The predicted molar refractivity (Wildman–Crippen MR) is 77.6 cm³/mol. The van der Waals surface area contributed by atoms with Crippen molar-refractivity contribution in [2.75, 3.05) is 13.1 Å². The maximum Gasteiger partial charge on any atom is 0.0595 e. The van der Waals surface area contributed by atoms with Crippen molar-refractivity contribution in [3.05, 3.63) is 33.8 Å². The summed E-state index contributed by atoms with van der Waals surface area (Å²) in [7, 11) is 0. The van der Waals surface area contributed by atoms with Gasteiger partial charge < -0.3 is 0 Å². The van der Waals surface area contributed by atoms with E-state index in [4.69, 9.17) is 23.2 Å². The van der Waals surface area contributed by atoms with E-state index in [0.29, 0.717) is 15.5 Å². The second-order valence-corrected chi connectivity index (χ2v) is 7.55. The van der Waals surface area contributed by atoms with Gasteiger partial charge in [0.15, 0.2) is 0 Å². The summed E-state index contributed by atoms with van der Waals surface area (Å²) >= 11 is 12.2. The van der Waals surface area contributed by atoms with Crippen LogP contribution >= 0.6 is 23.2 Å². The molecule has 1 aliphatic carbocycles. The first-order chi connectivity index (χ1) is 8.33. The van der Waals surface area contributed by atoms with Gasteiger partial charge in [-0.3, -0.25) is 4.90 Å². The summed E-state index contributed by atoms with van der Waals surface area (Å²) in [6, 6.07) is 6.15. The van der Waals surface area contributed by atoms with Crippen LogP contribution in [0.25, 0.3) is 0 Å². The highest BCUT2D eigenvalue weighted by Gasteiger charge is 2.61. The van der Waals surface area contributed by atoms with Gasteiger partial charge in [0, 0.05) is 24.0 Å². The molecular weight excluding hydrogens is 265 g/mol. The zero-order valence-corrected chi connectivity index (χ0v) is 12.6. The lowest BCUT2D eigenvalue weighted by Crippen LogP contribution is -2.42. The number of likely N-dealkylation sites (tertiary alicyclic amines) is 1. The van der Waals surface area contributed by atoms with Crippen LogP contribution in [0.3, 0.4) is 0 Å². The molecule has 1 saturated heterocycles. The maximum atomic E-state index is 6.15. The second kappa shape index (κ2) is 3.88. The second-order valence-electron chi connectivity index (χ2n) is 6.74. The van der Waals surface area contributed by atoms with E-state index in [2.05, 4.69) is 37.8 Å². The van der Waals surface area contributed by atoms with Crippen molar-refractivity contribution in [3.8, 4) is 0 Å². The summed E-state index contributed by atoms with van der Waals surface area (Å²) in [5.41, 5.74) is 1.98. The van der Waals surface area contributed by atoms with Crippen LogP contribution in [0.4, 0.5) is 0 Å². The van der Waals surface area contributed by atoms with E-state index in [9.17, 15) is 0 Å². The monoisotopic (exact) mass is 283 g/mol. The van der Waals surface area contributed by atoms with Crippen LogP contribution in [-0.2, 0) is 5.41 Å². The Hall–Kier alpha value is -0.240. The molecule has 1 heterocycles. The lowest BCUT2D eigenvalue weighted by atomic mass is 9.94. The molecule has 3 rings (SSSR count). The van der Waals surface area contributed by atoms with Crippen LogP contribution in [0.2, 0.25) is 10.0 Å². The Bertz CT molecular complexity index is 492. The normalized spacial score (nSPS) is 31.5. The molecule has 0 spiro atoms. The van der Waals surface area contributed by atoms with E-state index in [0.717, 1.165) is 12.5 Å².